The first-order chi connectivity index (χ1) is 10.7. The van der Waals surface area contributed by atoms with Crippen LogP contribution in [-0.4, -0.2) is 46.4 Å². The molecule has 23 heavy (non-hydrogen) atoms. The van der Waals surface area contributed by atoms with E-state index in [1.807, 2.05) is 6.92 Å². The molecule has 1 rings (SSSR count). The van der Waals surface area contributed by atoms with Crippen LogP contribution in [-0.2, 0) is 26.2 Å². The molecule has 130 valence electrons. The number of nitrogens with one attached hydrogen (secondary N) is 4. The summed E-state index contributed by atoms with van der Waals surface area (Å²) in [5.74, 6) is -0.584. The van der Waals surface area contributed by atoms with E-state index in [1.165, 1.54) is 13.0 Å². The zero-order valence-corrected chi connectivity index (χ0v) is 14.9. The molecule has 0 saturated heterocycles. The Hall–Kier alpha value is -1.49. The highest BCUT2D eigenvalue weighted by atomic mass is 32.2. The zero-order valence-electron chi connectivity index (χ0n) is 13.3. The Morgan fingerprint density at radius 2 is 1.96 bits per heavy atom. The molecule has 1 aromatic heterocycles. The van der Waals surface area contributed by atoms with Gasteiger partial charge in [-0.15, -0.1) is 11.3 Å². The fourth-order valence-corrected chi connectivity index (χ4v) is 3.79. The Morgan fingerprint density at radius 1 is 1.26 bits per heavy atom. The van der Waals surface area contributed by atoms with Crippen molar-refractivity contribution in [1.29, 1.82) is 0 Å². The van der Waals surface area contributed by atoms with Crippen molar-refractivity contribution in [1.82, 2.24) is 20.7 Å². The summed E-state index contributed by atoms with van der Waals surface area (Å²) in [6.45, 7) is 3.65. The van der Waals surface area contributed by atoms with Gasteiger partial charge in [-0.25, -0.2) is 13.1 Å². The summed E-state index contributed by atoms with van der Waals surface area (Å²) < 4.78 is 26.6. The van der Waals surface area contributed by atoms with E-state index >= 15 is 0 Å². The van der Waals surface area contributed by atoms with E-state index in [4.69, 9.17) is 0 Å². The van der Waals surface area contributed by atoms with E-state index in [0.29, 0.717) is 11.4 Å². The van der Waals surface area contributed by atoms with Crippen LogP contribution in [0.15, 0.2) is 16.3 Å². The molecule has 0 aliphatic rings. The van der Waals surface area contributed by atoms with Crippen LogP contribution in [0.25, 0.3) is 0 Å². The molecule has 1 unspecified atom stereocenters. The maximum atomic E-state index is 12.1. The van der Waals surface area contributed by atoms with Gasteiger partial charge in [-0.2, -0.15) is 0 Å². The lowest BCUT2D eigenvalue weighted by atomic mass is 10.3. The van der Waals surface area contributed by atoms with Gasteiger partial charge in [-0.1, -0.05) is 0 Å². The number of amides is 2. The second kappa shape index (κ2) is 8.96. The average Bonchev–Trinajstić information content (AvgIpc) is 2.98. The smallest absolute Gasteiger partial charge is 0.250 e. The molecular weight excluding hydrogens is 340 g/mol. The molecule has 1 heterocycles. The SMILES string of the molecule is CNC(C)CNC(=O)CNS(=O)(=O)c1ccc(CNC(C)=O)s1. The van der Waals surface area contributed by atoms with Gasteiger partial charge in [-0.05, 0) is 26.1 Å². The Labute approximate surface area is 140 Å². The highest BCUT2D eigenvalue weighted by Gasteiger charge is 2.18. The number of sulfonamides is 1. The van der Waals surface area contributed by atoms with Gasteiger partial charge >= 0.3 is 0 Å². The lowest BCUT2D eigenvalue weighted by Crippen LogP contribution is -2.42. The maximum absolute atomic E-state index is 12.1. The molecule has 0 bridgehead atoms. The third-order valence-corrected chi connectivity index (χ3v) is 5.91. The van der Waals surface area contributed by atoms with Gasteiger partial charge in [0.05, 0.1) is 13.1 Å². The third-order valence-electron chi connectivity index (χ3n) is 2.93. The first kappa shape index (κ1) is 19.6. The maximum Gasteiger partial charge on any atom is 0.250 e. The molecule has 0 aromatic carbocycles. The van der Waals surface area contributed by atoms with Crippen molar-refractivity contribution in [2.45, 2.75) is 30.6 Å². The van der Waals surface area contributed by atoms with E-state index in [1.54, 1.807) is 13.1 Å². The van der Waals surface area contributed by atoms with Crippen LogP contribution >= 0.6 is 11.3 Å². The molecule has 10 heteroatoms. The monoisotopic (exact) mass is 362 g/mol. The van der Waals surface area contributed by atoms with Crippen LogP contribution in [0.2, 0.25) is 0 Å². The van der Waals surface area contributed by atoms with Crippen LogP contribution in [0, 0.1) is 0 Å². The van der Waals surface area contributed by atoms with Crippen LogP contribution in [0.3, 0.4) is 0 Å². The van der Waals surface area contributed by atoms with Gasteiger partial charge in [-0.3, -0.25) is 9.59 Å². The fourth-order valence-electron chi connectivity index (χ4n) is 1.47. The number of carbonyl (C=O) groups excluding carboxylic acids is 2. The number of carbonyl (C=O) groups is 2. The van der Waals surface area contributed by atoms with Crippen molar-refractivity contribution < 1.29 is 18.0 Å². The van der Waals surface area contributed by atoms with Crippen molar-refractivity contribution in [3.63, 3.8) is 0 Å². The molecule has 2 amide bonds. The lowest BCUT2D eigenvalue weighted by Gasteiger charge is -2.11. The molecule has 0 aliphatic carbocycles. The first-order valence-electron chi connectivity index (χ1n) is 7.01. The fraction of sp³-hybridized carbons (Fsp3) is 0.538. The Morgan fingerprint density at radius 3 is 2.57 bits per heavy atom. The van der Waals surface area contributed by atoms with E-state index in [-0.39, 0.29) is 29.2 Å². The predicted octanol–water partition coefficient (Wildman–Crippen LogP) is -0.613. The number of rotatable bonds is 9. The second-order valence-corrected chi connectivity index (χ2v) is 8.11. The molecule has 0 radical (unpaired) electrons. The molecule has 0 spiro atoms. The summed E-state index contributed by atoms with van der Waals surface area (Å²) in [4.78, 5) is 23.2. The van der Waals surface area contributed by atoms with Crippen LogP contribution in [0.5, 0.6) is 0 Å². The van der Waals surface area contributed by atoms with Gasteiger partial charge in [0.15, 0.2) is 0 Å². The minimum absolute atomic E-state index is 0.101. The Balaban J connectivity index is 2.52. The van der Waals surface area contributed by atoms with Crippen molar-refractivity contribution in [3.8, 4) is 0 Å². The summed E-state index contributed by atoms with van der Waals surface area (Å²) in [6, 6.07) is 3.18. The van der Waals surface area contributed by atoms with Crippen LogP contribution in [0.4, 0.5) is 0 Å². The standard InChI is InChI=1S/C13H22N4O4S2/c1-9(14-3)6-16-12(19)8-17-23(20,21)13-5-4-11(22-13)7-15-10(2)18/h4-5,9,14,17H,6-8H2,1-3H3,(H,15,18)(H,16,19). The highest BCUT2D eigenvalue weighted by Crippen LogP contribution is 2.21. The Kier molecular flexibility index (Phi) is 7.62. The quantitative estimate of drug-likeness (QED) is 0.467. The number of hydrogen-bond donors (Lipinski definition) is 4. The largest absolute Gasteiger partial charge is 0.353 e. The Bertz CT molecular complexity index is 642. The highest BCUT2D eigenvalue weighted by molar-refractivity contribution is 7.91. The molecule has 1 aromatic rings. The van der Waals surface area contributed by atoms with Crippen molar-refractivity contribution in [3.05, 3.63) is 17.0 Å². The van der Waals surface area contributed by atoms with Gasteiger partial charge in [0.25, 0.3) is 10.0 Å². The van der Waals surface area contributed by atoms with E-state index in [0.717, 1.165) is 11.3 Å². The molecule has 0 saturated carbocycles. The van der Waals surface area contributed by atoms with E-state index < -0.39 is 15.9 Å². The molecule has 1 atom stereocenters. The molecule has 0 fully saturated rings. The summed E-state index contributed by atoms with van der Waals surface area (Å²) in [6.07, 6.45) is 0. The first-order valence-corrected chi connectivity index (χ1v) is 9.31. The van der Waals surface area contributed by atoms with Gasteiger partial charge in [0.2, 0.25) is 11.8 Å². The van der Waals surface area contributed by atoms with Crippen molar-refractivity contribution in [2.24, 2.45) is 0 Å². The predicted molar refractivity (Wildman–Crippen MR) is 88.6 cm³/mol. The average molecular weight is 362 g/mol. The minimum atomic E-state index is -3.74. The lowest BCUT2D eigenvalue weighted by molar-refractivity contribution is -0.120. The van der Waals surface area contributed by atoms with E-state index in [9.17, 15) is 18.0 Å². The minimum Gasteiger partial charge on any atom is -0.353 e. The number of likely N-dealkylation sites (N-methyl/N-ethyl adjacent to an activating group) is 1. The molecule has 0 aliphatic heterocycles. The summed E-state index contributed by atoms with van der Waals surface area (Å²) in [5, 5.41) is 8.18. The van der Waals surface area contributed by atoms with E-state index in [2.05, 4.69) is 20.7 Å². The third kappa shape index (κ3) is 7.08. The van der Waals surface area contributed by atoms with Gasteiger partial charge < -0.3 is 16.0 Å². The topological polar surface area (TPSA) is 116 Å². The summed E-state index contributed by atoms with van der Waals surface area (Å²) in [5.41, 5.74) is 0. The summed E-state index contributed by atoms with van der Waals surface area (Å²) in [7, 11) is -1.97. The molecular formula is C13H22N4O4S2. The van der Waals surface area contributed by atoms with Crippen molar-refractivity contribution >= 4 is 33.2 Å². The second-order valence-electron chi connectivity index (χ2n) is 4.95. The number of hydrogen-bond acceptors (Lipinski definition) is 6. The van der Waals surface area contributed by atoms with Crippen LogP contribution in [0.1, 0.15) is 18.7 Å². The van der Waals surface area contributed by atoms with Crippen molar-refractivity contribution in [2.75, 3.05) is 20.1 Å². The molecule has 8 nitrogen and oxygen atoms in total. The van der Waals surface area contributed by atoms with Gasteiger partial charge in [0, 0.05) is 24.4 Å². The normalized spacial score (nSPS) is 12.7. The summed E-state index contributed by atoms with van der Waals surface area (Å²) >= 11 is 1.05. The number of thiophene rings is 1. The van der Waals surface area contributed by atoms with Crippen LogP contribution < -0.4 is 20.7 Å². The molecule has 4 N–H and O–H groups in total. The zero-order chi connectivity index (χ0) is 17.5. The van der Waals surface area contributed by atoms with Gasteiger partial charge in [0.1, 0.15) is 4.21 Å².